The van der Waals surface area contributed by atoms with Crippen molar-refractivity contribution in [3.63, 3.8) is 0 Å². The summed E-state index contributed by atoms with van der Waals surface area (Å²) in [7, 11) is 0. The molecule has 6 nitrogen and oxygen atoms in total. The number of aliphatic hydroxyl groups excluding tert-OH is 4. The summed E-state index contributed by atoms with van der Waals surface area (Å²) in [4.78, 5) is 0. The third kappa shape index (κ3) is 10.2. The highest BCUT2D eigenvalue weighted by Crippen LogP contribution is 2.32. The number of aliphatic hydroxyl groups is 5. The van der Waals surface area contributed by atoms with Crippen molar-refractivity contribution in [2.75, 3.05) is 6.61 Å². The van der Waals surface area contributed by atoms with Gasteiger partial charge in [0.2, 0.25) is 0 Å². The molecule has 0 aromatic heterocycles. The molecule has 1 aliphatic rings. The summed E-state index contributed by atoms with van der Waals surface area (Å²) in [5.74, 6) is -1.92. The number of unbranched alkanes of at least 4 members (excludes halogenated alkanes) is 12. The Balaban J connectivity index is 2.01. The summed E-state index contributed by atoms with van der Waals surface area (Å²) in [5.41, 5.74) is 0. The van der Waals surface area contributed by atoms with E-state index >= 15 is 0 Å². The molecule has 0 radical (unpaired) electrons. The van der Waals surface area contributed by atoms with Crippen molar-refractivity contribution in [3.8, 4) is 0 Å². The number of allylic oxidation sites excluding steroid dienone is 2. The molecule has 1 saturated heterocycles. The Bertz CT molecular complexity index is 441. The molecule has 1 heterocycles. The second-order valence-electron chi connectivity index (χ2n) is 8.80. The van der Waals surface area contributed by atoms with Crippen LogP contribution in [0.4, 0.5) is 0 Å². The molecule has 0 amide bonds. The second kappa shape index (κ2) is 16.2. The summed E-state index contributed by atoms with van der Waals surface area (Å²) in [5, 5.41) is 49.3. The van der Waals surface area contributed by atoms with Gasteiger partial charge in [-0.25, -0.2) is 0 Å². The van der Waals surface area contributed by atoms with Gasteiger partial charge >= 0.3 is 0 Å². The van der Waals surface area contributed by atoms with Crippen LogP contribution < -0.4 is 0 Å². The van der Waals surface area contributed by atoms with Gasteiger partial charge in [-0.3, -0.25) is 0 Å². The van der Waals surface area contributed by atoms with Gasteiger partial charge in [0.1, 0.15) is 24.4 Å². The quantitative estimate of drug-likeness (QED) is 0.178. The normalized spacial score (nSPS) is 29.7. The molecule has 0 aromatic rings. The molecule has 178 valence electrons. The van der Waals surface area contributed by atoms with Crippen molar-refractivity contribution in [2.24, 2.45) is 0 Å². The van der Waals surface area contributed by atoms with E-state index in [1.165, 1.54) is 57.8 Å². The first kappa shape index (κ1) is 27.5. The highest BCUT2D eigenvalue weighted by molar-refractivity contribution is 4.95. The molecule has 0 spiro atoms. The minimum Gasteiger partial charge on any atom is -0.394 e. The van der Waals surface area contributed by atoms with Crippen LogP contribution in [0.15, 0.2) is 12.2 Å². The molecule has 1 aliphatic heterocycles. The minimum absolute atomic E-state index is 0.162. The molecule has 1 fully saturated rings. The van der Waals surface area contributed by atoms with Crippen molar-refractivity contribution in [1.82, 2.24) is 0 Å². The van der Waals surface area contributed by atoms with E-state index in [9.17, 15) is 25.5 Å². The van der Waals surface area contributed by atoms with E-state index in [0.717, 1.165) is 25.7 Å². The first-order valence-corrected chi connectivity index (χ1v) is 12.2. The van der Waals surface area contributed by atoms with Gasteiger partial charge in [0, 0.05) is 6.42 Å². The lowest BCUT2D eigenvalue weighted by molar-refractivity contribution is -0.351. The van der Waals surface area contributed by atoms with Crippen molar-refractivity contribution < 1.29 is 30.3 Å². The van der Waals surface area contributed by atoms with Crippen LogP contribution >= 0.6 is 0 Å². The SMILES string of the molecule is CCCCCCCC/C=C\CCCCCCCCC1(O)O[C@H](CO)[C@@H](O)[C@H](O)[C@H]1O. The molecule has 6 heteroatoms. The van der Waals surface area contributed by atoms with Gasteiger partial charge in [0.25, 0.3) is 0 Å². The van der Waals surface area contributed by atoms with Crippen LogP contribution in [0.25, 0.3) is 0 Å². The largest absolute Gasteiger partial charge is 0.394 e. The van der Waals surface area contributed by atoms with Crippen LogP contribution in [0, 0.1) is 0 Å². The van der Waals surface area contributed by atoms with Crippen molar-refractivity contribution >= 4 is 0 Å². The molecule has 5 N–H and O–H groups in total. The average Bonchev–Trinajstić information content (AvgIpc) is 2.74. The first-order valence-electron chi connectivity index (χ1n) is 12.2. The molecular formula is C24H46O6. The maximum Gasteiger partial charge on any atom is 0.195 e. The summed E-state index contributed by atoms with van der Waals surface area (Å²) in [6.45, 7) is 1.72. The topological polar surface area (TPSA) is 110 Å². The highest BCUT2D eigenvalue weighted by atomic mass is 16.7. The second-order valence-corrected chi connectivity index (χ2v) is 8.80. The van der Waals surface area contributed by atoms with Gasteiger partial charge < -0.3 is 30.3 Å². The molecule has 30 heavy (non-hydrogen) atoms. The Labute approximate surface area is 183 Å². The molecular weight excluding hydrogens is 384 g/mol. The maximum atomic E-state index is 10.5. The van der Waals surface area contributed by atoms with E-state index in [1.807, 2.05) is 0 Å². The fourth-order valence-electron chi connectivity index (χ4n) is 4.05. The third-order valence-corrected chi connectivity index (χ3v) is 6.10. The lowest BCUT2D eigenvalue weighted by Crippen LogP contribution is -2.65. The molecule has 0 aliphatic carbocycles. The zero-order chi connectivity index (χ0) is 22.2. The average molecular weight is 431 g/mol. The standard InChI is InChI=1S/C24H46O6/c1-2-3-4-5-6-7-8-9-10-11-12-13-14-15-16-17-18-24(29)23(28)22(27)21(26)20(19-25)30-24/h9-10,20-23,25-29H,2-8,11-19H2,1H3/b10-9-/t20-,21-,22+,23-,24?/m1/s1. The highest BCUT2D eigenvalue weighted by Gasteiger charge is 2.51. The van der Waals surface area contributed by atoms with Crippen LogP contribution in [-0.4, -0.2) is 62.3 Å². The fourth-order valence-corrected chi connectivity index (χ4v) is 4.05. The Morgan fingerprint density at radius 3 is 1.77 bits per heavy atom. The third-order valence-electron chi connectivity index (χ3n) is 6.10. The first-order chi connectivity index (χ1) is 14.5. The van der Waals surface area contributed by atoms with Gasteiger partial charge in [0.05, 0.1) is 6.61 Å². The molecule has 5 atom stereocenters. The number of hydrogen-bond donors (Lipinski definition) is 5. The Morgan fingerprint density at radius 1 is 0.733 bits per heavy atom. The Kier molecular flexibility index (Phi) is 14.8. The zero-order valence-electron chi connectivity index (χ0n) is 18.9. The van der Waals surface area contributed by atoms with Gasteiger partial charge in [-0.05, 0) is 32.1 Å². The monoisotopic (exact) mass is 430 g/mol. The lowest BCUT2D eigenvalue weighted by Gasteiger charge is -2.45. The van der Waals surface area contributed by atoms with E-state index in [-0.39, 0.29) is 6.42 Å². The van der Waals surface area contributed by atoms with E-state index in [2.05, 4.69) is 19.1 Å². The molecule has 0 aromatic carbocycles. The number of rotatable bonds is 17. The lowest BCUT2D eigenvalue weighted by atomic mass is 9.89. The Hall–Kier alpha value is -0.500. The number of hydrogen-bond acceptors (Lipinski definition) is 6. The predicted octanol–water partition coefficient (Wildman–Crippen LogP) is 3.58. The van der Waals surface area contributed by atoms with Gasteiger partial charge in [0.15, 0.2) is 5.79 Å². The predicted molar refractivity (Wildman–Crippen MR) is 119 cm³/mol. The van der Waals surface area contributed by atoms with Crippen molar-refractivity contribution in [1.29, 1.82) is 0 Å². The minimum atomic E-state index is -1.92. The smallest absolute Gasteiger partial charge is 0.195 e. The maximum absolute atomic E-state index is 10.5. The number of ether oxygens (including phenoxy) is 1. The molecule has 1 unspecified atom stereocenters. The summed E-state index contributed by atoms with van der Waals surface area (Å²) in [6, 6.07) is 0. The van der Waals surface area contributed by atoms with Crippen LogP contribution in [0.5, 0.6) is 0 Å². The molecule has 1 rings (SSSR count). The van der Waals surface area contributed by atoms with Crippen LogP contribution in [-0.2, 0) is 4.74 Å². The Morgan fingerprint density at radius 2 is 1.23 bits per heavy atom. The fraction of sp³-hybridized carbons (Fsp3) is 0.917. The summed E-state index contributed by atoms with van der Waals surface area (Å²) in [6.07, 6.45) is 15.7. The van der Waals surface area contributed by atoms with Gasteiger partial charge in [-0.1, -0.05) is 76.9 Å². The van der Waals surface area contributed by atoms with E-state index in [0.29, 0.717) is 6.42 Å². The zero-order valence-corrected chi connectivity index (χ0v) is 18.9. The molecule has 0 saturated carbocycles. The van der Waals surface area contributed by atoms with E-state index < -0.39 is 36.8 Å². The summed E-state index contributed by atoms with van der Waals surface area (Å²) < 4.78 is 5.28. The van der Waals surface area contributed by atoms with Crippen LogP contribution in [0.2, 0.25) is 0 Å². The van der Waals surface area contributed by atoms with Crippen LogP contribution in [0.1, 0.15) is 103 Å². The van der Waals surface area contributed by atoms with Gasteiger partial charge in [-0.2, -0.15) is 0 Å². The van der Waals surface area contributed by atoms with Crippen LogP contribution in [0.3, 0.4) is 0 Å². The van der Waals surface area contributed by atoms with Crippen molar-refractivity contribution in [3.05, 3.63) is 12.2 Å². The van der Waals surface area contributed by atoms with E-state index in [4.69, 9.17) is 4.74 Å². The van der Waals surface area contributed by atoms with Gasteiger partial charge in [-0.15, -0.1) is 0 Å². The van der Waals surface area contributed by atoms with Crippen molar-refractivity contribution in [2.45, 2.75) is 133 Å². The summed E-state index contributed by atoms with van der Waals surface area (Å²) >= 11 is 0. The van der Waals surface area contributed by atoms with E-state index in [1.54, 1.807) is 0 Å². The molecule has 0 bridgehead atoms.